The Bertz CT molecular complexity index is 1090. The van der Waals surface area contributed by atoms with Gasteiger partial charge in [-0.3, -0.25) is 0 Å². The van der Waals surface area contributed by atoms with E-state index in [2.05, 4.69) is 54.7 Å². The van der Waals surface area contributed by atoms with Crippen molar-refractivity contribution in [1.82, 2.24) is 0 Å². The van der Waals surface area contributed by atoms with Gasteiger partial charge in [0, 0.05) is 17.8 Å². The molecular formula is C25H23NO2. The van der Waals surface area contributed by atoms with E-state index in [1.807, 2.05) is 30.3 Å². The molecule has 3 nitrogen and oxygen atoms in total. The zero-order valence-electron chi connectivity index (χ0n) is 15.9. The minimum absolute atomic E-state index is 0.262. The van der Waals surface area contributed by atoms with E-state index in [1.165, 1.54) is 21.9 Å². The summed E-state index contributed by atoms with van der Waals surface area (Å²) in [5.74, 6) is 1.14. The van der Waals surface area contributed by atoms with Crippen LogP contribution >= 0.6 is 0 Å². The second-order valence-corrected chi connectivity index (χ2v) is 6.88. The highest BCUT2D eigenvalue weighted by atomic mass is 16.5. The van der Waals surface area contributed by atoms with Gasteiger partial charge in [0.05, 0.1) is 0 Å². The smallest absolute Gasteiger partial charge is 0.125 e. The summed E-state index contributed by atoms with van der Waals surface area (Å²) >= 11 is 0. The van der Waals surface area contributed by atoms with Crippen molar-refractivity contribution in [3.05, 3.63) is 102 Å². The van der Waals surface area contributed by atoms with Crippen molar-refractivity contribution in [2.75, 3.05) is 5.32 Å². The fourth-order valence-corrected chi connectivity index (χ4v) is 3.33. The Morgan fingerprint density at radius 1 is 0.821 bits per heavy atom. The highest BCUT2D eigenvalue weighted by molar-refractivity contribution is 5.88. The average molecular weight is 369 g/mol. The minimum atomic E-state index is 0.262. The number of ether oxygens (including phenoxy) is 1. The first kappa shape index (κ1) is 17.9. The number of phenols is 1. The summed E-state index contributed by atoms with van der Waals surface area (Å²) in [6.07, 6.45) is 0. The Balaban J connectivity index is 1.62. The molecule has 0 saturated carbocycles. The van der Waals surface area contributed by atoms with E-state index < -0.39 is 0 Å². The molecule has 0 aliphatic heterocycles. The van der Waals surface area contributed by atoms with Crippen LogP contribution in [0.4, 0.5) is 5.69 Å². The number of fused-ring (bicyclic) bond motifs is 1. The Morgan fingerprint density at radius 2 is 1.57 bits per heavy atom. The number of anilines is 1. The first-order valence-corrected chi connectivity index (χ1v) is 9.41. The number of rotatable bonds is 6. The Labute approximate surface area is 165 Å². The summed E-state index contributed by atoms with van der Waals surface area (Å²) in [5, 5.41) is 15.3. The molecule has 0 bridgehead atoms. The van der Waals surface area contributed by atoms with Crippen LogP contribution < -0.4 is 10.1 Å². The van der Waals surface area contributed by atoms with Crippen LogP contribution in [-0.2, 0) is 13.2 Å². The van der Waals surface area contributed by atoms with Gasteiger partial charge in [0.15, 0.2) is 0 Å². The molecule has 0 fully saturated rings. The van der Waals surface area contributed by atoms with Crippen molar-refractivity contribution < 1.29 is 9.84 Å². The predicted octanol–water partition coefficient (Wildman–Crippen LogP) is 6.04. The van der Waals surface area contributed by atoms with Crippen molar-refractivity contribution in [2.45, 2.75) is 20.1 Å². The zero-order valence-corrected chi connectivity index (χ0v) is 15.9. The van der Waals surface area contributed by atoms with E-state index in [1.54, 1.807) is 12.1 Å². The van der Waals surface area contributed by atoms with Gasteiger partial charge in [0.2, 0.25) is 0 Å². The van der Waals surface area contributed by atoms with Gasteiger partial charge in [-0.1, -0.05) is 54.6 Å². The van der Waals surface area contributed by atoms with Crippen LogP contribution in [-0.4, -0.2) is 5.11 Å². The van der Waals surface area contributed by atoms with Gasteiger partial charge >= 0.3 is 0 Å². The predicted molar refractivity (Wildman–Crippen MR) is 115 cm³/mol. The second kappa shape index (κ2) is 8.05. The zero-order chi connectivity index (χ0) is 19.3. The fourth-order valence-electron chi connectivity index (χ4n) is 3.33. The number of phenolic OH excluding ortho intramolecular Hbond substituents is 1. The van der Waals surface area contributed by atoms with Gasteiger partial charge in [0.25, 0.3) is 0 Å². The number of hydrogen-bond donors (Lipinski definition) is 2. The van der Waals surface area contributed by atoms with E-state index in [4.69, 9.17) is 4.74 Å². The first-order valence-electron chi connectivity index (χ1n) is 9.41. The molecule has 3 heteroatoms. The summed E-state index contributed by atoms with van der Waals surface area (Å²) in [5.41, 5.74) is 4.50. The lowest BCUT2D eigenvalue weighted by Crippen LogP contribution is -2.05. The summed E-state index contributed by atoms with van der Waals surface area (Å²) < 4.78 is 6.24. The molecule has 0 aliphatic rings. The van der Waals surface area contributed by atoms with Crippen molar-refractivity contribution in [3.63, 3.8) is 0 Å². The molecule has 0 atom stereocenters. The Morgan fingerprint density at radius 3 is 2.39 bits per heavy atom. The standard InChI is InChI=1S/C25H23NO2/c1-18-6-2-3-8-20(18)17-28-25-15-10-19-7-4-5-9-23(19)24(25)16-26-21-11-13-22(27)14-12-21/h2-15,26-27H,16-17H2,1H3. The quantitative estimate of drug-likeness (QED) is 0.407. The molecule has 140 valence electrons. The van der Waals surface area contributed by atoms with Gasteiger partial charge in [0.1, 0.15) is 18.1 Å². The lowest BCUT2D eigenvalue weighted by atomic mass is 10.0. The highest BCUT2D eigenvalue weighted by Gasteiger charge is 2.10. The molecule has 0 aromatic heterocycles. The molecule has 2 N–H and O–H groups in total. The van der Waals surface area contributed by atoms with Crippen molar-refractivity contribution >= 4 is 16.5 Å². The maximum absolute atomic E-state index is 9.48. The third-order valence-electron chi connectivity index (χ3n) is 4.98. The third kappa shape index (κ3) is 3.94. The molecule has 0 heterocycles. The van der Waals surface area contributed by atoms with Crippen molar-refractivity contribution in [3.8, 4) is 11.5 Å². The molecule has 0 amide bonds. The Hall–Kier alpha value is -3.46. The van der Waals surface area contributed by atoms with Crippen LogP contribution in [0.1, 0.15) is 16.7 Å². The fraction of sp³-hybridized carbons (Fsp3) is 0.120. The molecule has 0 unspecified atom stereocenters. The van der Waals surface area contributed by atoms with Crippen LogP contribution in [0.15, 0.2) is 84.9 Å². The molecule has 0 aliphatic carbocycles. The van der Waals surface area contributed by atoms with Gasteiger partial charge in [-0.05, 0) is 59.2 Å². The largest absolute Gasteiger partial charge is 0.508 e. The molecule has 28 heavy (non-hydrogen) atoms. The van der Waals surface area contributed by atoms with Gasteiger partial charge < -0.3 is 15.2 Å². The summed E-state index contributed by atoms with van der Waals surface area (Å²) in [6, 6.07) is 27.9. The number of benzene rings is 4. The van der Waals surface area contributed by atoms with Crippen LogP contribution in [0.25, 0.3) is 10.8 Å². The van der Waals surface area contributed by atoms with Gasteiger partial charge in [-0.2, -0.15) is 0 Å². The Kier molecular flexibility index (Phi) is 5.16. The van der Waals surface area contributed by atoms with Crippen LogP contribution in [0.3, 0.4) is 0 Å². The van der Waals surface area contributed by atoms with Crippen LogP contribution in [0.2, 0.25) is 0 Å². The van der Waals surface area contributed by atoms with Crippen LogP contribution in [0, 0.1) is 6.92 Å². The third-order valence-corrected chi connectivity index (χ3v) is 4.98. The van der Waals surface area contributed by atoms with Gasteiger partial charge in [-0.25, -0.2) is 0 Å². The molecular weight excluding hydrogens is 346 g/mol. The molecule has 4 aromatic rings. The highest BCUT2D eigenvalue weighted by Crippen LogP contribution is 2.30. The van der Waals surface area contributed by atoms with Crippen LogP contribution in [0.5, 0.6) is 11.5 Å². The normalized spacial score (nSPS) is 10.8. The number of hydrogen-bond acceptors (Lipinski definition) is 3. The molecule has 0 spiro atoms. The second-order valence-electron chi connectivity index (χ2n) is 6.88. The minimum Gasteiger partial charge on any atom is -0.508 e. The van der Waals surface area contributed by atoms with E-state index in [0.717, 1.165) is 17.0 Å². The molecule has 0 saturated heterocycles. The summed E-state index contributed by atoms with van der Waals surface area (Å²) in [4.78, 5) is 0. The molecule has 4 rings (SSSR count). The lowest BCUT2D eigenvalue weighted by molar-refractivity contribution is 0.303. The maximum atomic E-state index is 9.48. The van der Waals surface area contributed by atoms with E-state index in [-0.39, 0.29) is 5.75 Å². The lowest BCUT2D eigenvalue weighted by Gasteiger charge is -2.16. The van der Waals surface area contributed by atoms with Gasteiger partial charge in [-0.15, -0.1) is 0 Å². The van der Waals surface area contributed by atoms with E-state index in [0.29, 0.717) is 13.2 Å². The maximum Gasteiger partial charge on any atom is 0.125 e. The van der Waals surface area contributed by atoms with Crippen molar-refractivity contribution in [2.24, 2.45) is 0 Å². The van der Waals surface area contributed by atoms with Crippen molar-refractivity contribution in [1.29, 1.82) is 0 Å². The number of aryl methyl sites for hydroxylation is 1. The molecule has 4 aromatic carbocycles. The topological polar surface area (TPSA) is 41.5 Å². The first-order chi connectivity index (χ1) is 13.7. The average Bonchev–Trinajstić information content (AvgIpc) is 2.73. The summed E-state index contributed by atoms with van der Waals surface area (Å²) in [6.45, 7) is 3.28. The summed E-state index contributed by atoms with van der Waals surface area (Å²) in [7, 11) is 0. The number of aromatic hydroxyl groups is 1. The number of nitrogens with one attached hydrogen (secondary N) is 1. The van der Waals surface area contributed by atoms with E-state index in [9.17, 15) is 5.11 Å². The van der Waals surface area contributed by atoms with E-state index >= 15 is 0 Å². The molecule has 0 radical (unpaired) electrons. The SMILES string of the molecule is Cc1ccccc1COc1ccc2ccccc2c1CNc1ccc(O)cc1. The monoisotopic (exact) mass is 369 g/mol.